The van der Waals surface area contributed by atoms with Gasteiger partial charge in [-0.2, -0.15) is 5.26 Å². The van der Waals surface area contributed by atoms with Crippen molar-refractivity contribution in [2.75, 3.05) is 40.1 Å². The summed E-state index contributed by atoms with van der Waals surface area (Å²) in [5.41, 5.74) is 39.8. The van der Waals surface area contributed by atoms with Crippen LogP contribution in [0.15, 0.2) is 152 Å². The quantitative estimate of drug-likeness (QED) is 0.0436. The third kappa shape index (κ3) is 22.0. The average Bonchev–Trinajstić information content (AvgIpc) is 3.22. The van der Waals surface area contributed by atoms with Gasteiger partial charge >= 0.3 is 0 Å². The summed E-state index contributed by atoms with van der Waals surface area (Å²) in [5, 5.41) is 9.05. The molecule has 1 aromatic heterocycles. The normalized spacial score (nSPS) is 9.32. The number of nitrogen functional groups attached to an aromatic ring is 7. The van der Waals surface area contributed by atoms with E-state index in [4.69, 9.17) is 68.6 Å². The SMILES string of the molecule is N#Cc1cc(N)ccc1F.Nc1ccc(F)c(Br)c1.Nc1cccc(Br)c1.Nc1cccc(Br)c1F.Nc1cccc(Cl)c1.Nc1cccc(Cl)c1F.Nc1ccnc(Br)c1F. The van der Waals surface area contributed by atoms with Gasteiger partial charge in [-0.15, -0.1) is 0 Å². The molecule has 1 heterocycles. The molecule has 62 heavy (non-hydrogen) atoms. The van der Waals surface area contributed by atoms with Crippen LogP contribution in [0.3, 0.4) is 0 Å². The highest BCUT2D eigenvalue weighted by atomic mass is 79.9. The topological polar surface area (TPSA) is 219 Å². The number of hydrogen-bond donors (Lipinski definition) is 7. The molecule has 0 aliphatic heterocycles. The second-order valence-electron chi connectivity index (χ2n) is 11.4. The van der Waals surface area contributed by atoms with E-state index >= 15 is 0 Å². The second-order valence-corrected chi connectivity index (χ2v) is 15.6. The molecule has 0 atom stereocenters. The van der Waals surface area contributed by atoms with Crippen LogP contribution in [0.1, 0.15) is 5.56 Å². The van der Waals surface area contributed by atoms with Gasteiger partial charge < -0.3 is 40.1 Å². The lowest BCUT2D eigenvalue weighted by Gasteiger charge is -1.95. The number of rotatable bonds is 0. The van der Waals surface area contributed by atoms with E-state index in [-0.39, 0.29) is 38.1 Å². The minimum atomic E-state index is -0.542. The Labute approximate surface area is 398 Å². The van der Waals surface area contributed by atoms with Gasteiger partial charge in [0.05, 0.1) is 36.6 Å². The van der Waals surface area contributed by atoms with Gasteiger partial charge in [0.2, 0.25) is 0 Å². The van der Waals surface area contributed by atoms with E-state index < -0.39 is 23.3 Å². The Morgan fingerprint density at radius 3 is 1.37 bits per heavy atom. The van der Waals surface area contributed by atoms with Crippen LogP contribution in [0.5, 0.6) is 0 Å². The van der Waals surface area contributed by atoms with Gasteiger partial charge in [-0.1, -0.05) is 63.4 Å². The molecule has 0 fully saturated rings. The lowest BCUT2D eigenvalue weighted by Crippen LogP contribution is -1.91. The van der Waals surface area contributed by atoms with E-state index in [1.807, 2.05) is 30.3 Å². The van der Waals surface area contributed by atoms with Crippen LogP contribution in [-0.2, 0) is 0 Å². The van der Waals surface area contributed by atoms with Crippen LogP contribution in [0, 0.1) is 40.4 Å². The lowest BCUT2D eigenvalue weighted by molar-refractivity contribution is 0.618. The van der Waals surface area contributed by atoms with E-state index in [2.05, 4.69) is 68.7 Å². The van der Waals surface area contributed by atoms with E-state index in [1.54, 1.807) is 42.5 Å². The third-order valence-corrected chi connectivity index (χ3v) is 9.38. The smallest absolute Gasteiger partial charge is 0.178 e. The molecular formula is C42H36Br4Cl2F5N9. The first-order valence-electron chi connectivity index (χ1n) is 16.8. The molecule has 0 aliphatic carbocycles. The van der Waals surface area contributed by atoms with E-state index in [0.717, 1.165) is 10.2 Å². The Bertz CT molecular complexity index is 2280. The molecule has 0 spiro atoms. The first kappa shape index (κ1) is 54.7. The van der Waals surface area contributed by atoms with Gasteiger partial charge in [0.25, 0.3) is 0 Å². The van der Waals surface area contributed by atoms with Crippen LogP contribution in [0.4, 0.5) is 61.8 Å². The largest absolute Gasteiger partial charge is 0.399 e. The van der Waals surface area contributed by atoms with Crippen LogP contribution in [0.25, 0.3) is 0 Å². The summed E-state index contributed by atoms with van der Waals surface area (Å²) in [7, 11) is 0. The van der Waals surface area contributed by atoms with Crippen molar-refractivity contribution < 1.29 is 22.0 Å². The highest BCUT2D eigenvalue weighted by molar-refractivity contribution is 9.11. The molecule has 0 radical (unpaired) electrons. The average molecular weight is 1150 g/mol. The van der Waals surface area contributed by atoms with Gasteiger partial charge in [0, 0.05) is 38.4 Å². The number of aromatic nitrogens is 1. The molecule has 9 nitrogen and oxygen atoms in total. The summed E-state index contributed by atoms with van der Waals surface area (Å²) >= 11 is 23.1. The zero-order valence-corrected chi connectivity index (χ0v) is 39.7. The second kappa shape index (κ2) is 29.1. The Hall–Kier alpha value is -5.29. The fraction of sp³-hybridized carbons (Fsp3) is 0. The molecule has 0 saturated heterocycles. The summed E-state index contributed by atoms with van der Waals surface area (Å²) in [5.74, 6) is -2.25. The Kier molecular flexibility index (Phi) is 25.7. The number of hydrogen-bond acceptors (Lipinski definition) is 9. The number of halogens is 11. The molecule has 0 amide bonds. The fourth-order valence-corrected chi connectivity index (χ4v) is 5.55. The molecule has 14 N–H and O–H groups in total. The molecule has 6 aromatic carbocycles. The lowest BCUT2D eigenvalue weighted by atomic mass is 10.2. The highest BCUT2D eigenvalue weighted by Gasteiger charge is 2.02. The maximum absolute atomic E-state index is 12.6. The number of anilines is 7. The number of nitrogens with two attached hydrogens (primary N) is 7. The Morgan fingerprint density at radius 1 is 0.484 bits per heavy atom. The monoisotopic (exact) mass is 1150 g/mol. The zero-order valence-electron chi connectivity index (χ0n) is 31.8. The number of pyridine rings is 1. The van der Waals surface area contributed by atoms with Crippen LogP contribution in [-0.4, -0.2) is 4.98 Å². The van der Waals surface area contributed by atoms with Gasteiger partial charge in [-0.25, -0.2) is 26.9 Å². The first-order valence-corrected chi connectivity index (χ1v) is 20.7. The molecule has 326 valence electrons. The number of nitriles is 1. The van der Waals surface area contributed by atoms with Crippen LogP contribution in [0.2, 0.25) is 10.0 Å². The summed E-state index contributed by atoms with van der Waals surface area (Å²) in [4.78, 5) is 3.60. The maximum atomic E-state index is 12.6. The van der Waals surface area contributed by atoms with Gasteiger partial charge in [0.15, 0.2) is 17.5 Å². The van der Waals surface area contributed by atoms with Crippen LogP contribution < -0.4 is 40.1 Å². The highest BCUT2D eigenvalue weighted by Crippen LogP contribution is 2.21. The molecule has 0 bridgehead atoms. The molecule has 0 saturated carbocycles. The van der Waals surface area contributed by atoms with Crippen molar-refractivity contribution in [1.82, 2.24) is 4.98 Å². The molecule has 7 rings (SSSR count). The minimum absolute atomic E-state index is 0.0139. The fourth-order valence-electron chi connectivity index (χ4n) is 3.63. The van der Waals surface area contributed by atoms with Gasteiger partial charge in [0.1, 0.15) is 22.3 Å². The predicted octanol–water partition coefficient (Wildman–Crippen LogP) is 13.2. The van der Waals surface area contributed by atoms with Gasteiger partial charge in [-0.3, -0.25) is 0 Å². The van der Waals surface area contributed by atoms with E-state index in [1.165, 1.54) is 66.9 Å². The minimum Gasteiger partial charge on any atom is -0.399 e. The van der Waals surface area contributed by atoms with Crippen molar-refractivity contribution in [2.24, 2.45) is 0 Å². The molecule has 0 unspecified atom stereocenters. The summed E-state index contributed by atoms with van der Waals surface area (Å²) in [6.45, 7) is 0. The van der Waals surface area contributed by atoms with Crippen molar-refractivity contribution in [2.45, 2.75) is 0 Å². The van der Waals surface area contributed by atoms with Gasteiger partial charge in [-0.05, 0) is 151 Å². The Balaban J connectivity index is 0.000000362. The molecule has 20 heteroatoms. The maximum Gasteiger partial charge on any atom is 0.178 e. The van der Waals surface area contributed by atoms with Crippen molar-refractivity contribution in [3.8, 4) is 6.07 Å². The Morgan fingerprint density at radius 2 is 0.984 bits per heavy atom. The van der Waals surface area contributed by atoms with Crippen molar-refractivity contribution in [1.29, 1.82) is 5.26 Å². The standard InChI is InChI=1S/C7H5FN2.2C6H5BrFN.C6H6BrN.C6H5ClFN.C6H6ClN.C5H4BrFN2/c8-7-2-1-6(10)3-5(7)4-9;7-5-3-4(9)1-2-6(5)8;7-4-2-1-3-5(9)6(4)8;7-5-2-1-3-6(8)4-5;7-4-2-1-3-5(9)6(4)8;7-5-2-1-3-6(8)4-5;6-5-4(7)3(8)1-2-9-5/h1-3H,10H2;2*1-3H,9H2;1-4H,8H2;1-3H,9H2;1-4H,8H2;1-2H,(H2,8,9). The van der Waals surface area contributed by atoms with Crippen molar-refractivity contribution in [3.63, 3.8) is 0 Å². The molecular weight excluding hydrogens is 1120 g/mol. The summed E-state index contributed by atoms with van der Waals surface area (Å²) in [6.07, 6.45) is 1.43. The first-order chi connectivity index (χ1) is 29.2. The van der Waals surface area contributed by atoms with E-state index in [0.29, 0.717) is 31.0 Å². The summed E-state index contributed by atoms with van der Waals surface area (Å²) in [6, 6.07) is 35.3. The van der Waals surface area contributed by atoms with Crippen molar-refractivity contribution >= 4 is 127 Å². The number of benzene rings is 6. The van der Waals surface area contributed by atoms with Crippen LogP contribution >= 0.6 is 86.9 Å². The predicted molar refractivity (Wildman–Crippen MR) is 259 cm³/mol. The molecule has 7 aromatic rings. The summed E-state index contributed by atoms with van der Waals surface area (Å²) < 4.78 is 64.4. The number of nitrogens with zero attached hydrogens (tertiary/aromatic N) is 2. The molecule has 0 aliphatic rings. The van der Waals surface area contributed by atoms with E-state index in [9.17, 15) is 22.0 Å². The zero-order chi connectivity index (χ0) is 46.9. The van der Waals surface area contributed by atoms with Crippen molar-refractivity contribution in [3.05, 3.63) is 196 Å². The third-order valence-electron chi connectivity index (χ3n) is 6.59.